The lowest BCUT2D eigenvalue weighted by Crippen LogP contribution is -2.19. The zero-order valence-electron chi connectivity index (χ0n) is 11.6. The molecule has 1 N–H and O–H groups in total. The van der Waals surface area contributed by atoms with E-state index >= 15 is 0 Å². The Balaban J connectivity index is 2.65. The number of hydrogen-bond acceptors (Lipinski definition) is 3. The molecule has 0 spiro atoms. The summed E-state index contributed by atoms with van der Waals surface area (Å²) in [6.07, 6.45) is 0.497. The highest BCUT2D eigenvalue weighted by Crippen LogP contribution is 2.34. The summed E-state index contributed by atoms with van der Waals surface area (Å²) in [6, 6.07) is 1.00. The normalized spacial score (nSPS) is 12.8. The van der Waals surface area contributed by atoms with E-state index < -0.39 is 11.7 Å². The number of allylic oxidation sites excluding steroid dienone is 1. The first-order valence-electron chi connectivity index (χ1n) is 6.34. The van der Waals surface area contributed by atoms with E-state index in [4.69, 9.17) is 4.74 Å². The summed E-state index contributed by atoms with van der Waals surface area (Å²) in [5, 5.41) is 3.13. The van der Waals surface area contributed by atoms with Gasteiger partial charge in [0.15, 0.2) is 0 Å². The third-order valence-corrected chi connectivity index (χ3v) is 2.81. The standard InChI is InChI=1S/C14H19F3N2O/c1-11(4-3-6-18-8-9-20-2)12-10-19-7-5-13(12)14(15,16)17/h4-5,7,10,18H,3,6,8-9H2,1-2H3/b11-4-. The number of nitrogens with zero attached hydrogens (tertiary/aromatic N) is 1. The number of ether oxygens (including phenoxy) is 1. The van der Waals surface area contributed by atoms with Crippen molar-refractivity contribution >= 4 is 5.57 Å². The van der Waals surface area contributed by atoms with Crippen LogP contribution in [0, 0.1) is 0 Å². The Labute approximate surface area is 116 Å². The topological polar surface area (TPSA) is 34.1 Å². The van der Waals surface area contributed by atoms with E-state index in [-0.39, 0.29) is 5.56 Å². The van der Waals surface area contributed by atoms with Gasteiger partial charge in [-0.25, -0.2) is 0 Å². The van der Waals surface area contributed by atoms with Gasteiger partial charge in [0.2, 0.25) is 0 Å². The number of nitrogens with one attached hydrogen (secondary N) is 1. The molecule has 6 heteroatoms. The molecule has 0 saturated heterocycles. The second-order valence-electron chi connectivity index (χ2n) is 4.34. The predicted octanol–water partition coefficient (Wildman–Crippen LogP) is 3.13. The molecule has 3 nitrogen and oxygen atoms in total. The van der Waals surface area contributed by atoms with E-state index in [1.54, 1.807) is 20.1 Å². The molecule has 0 radical (unpaired) electrons. The van der Waals surface area contributed by atoms with Crippen LogP contribution in [-0.2, 0) is 10.9 Å². The van der Waals surface area contributed by atoms with Gasteiger partial charge in [0.05, 0.1) is 12.2 Å². The van der Waals surface area contributed by atoms with Gasteiger partial charge in [-0.05, 0) is 31.5 Å². The predicted molar refractivity (Wildman–Crippen MR) is 72.3 cm³/mol. The van der Waals surface area contributed by atoms with Gasteiger partial charge in [-0.2, -0.15) is 13.2 Å². The van der Waals surface area contributed by atoms with E-state index in [1.165, 1.54) is 6.20 Å². The Morgan fingerprint density at radius 3 is 2.80 bits per heavy atom. The molecule has 1 aromatic rings. The Morgan fingerprint density at radius 1 is 1.40 bits per heavy atom. The fourth-order valence-corrected chi connectivity index (χ4v) is 1.76. The minimum Gasteiger partial charge on any atom is -0.383 e. The Kier molecular flexibility index (Phi) is 6.67. The summed E-state index contributed by atoms with van der Waals surface area (Å²) in [4.78, 5) is 3.78. The monoisotopic (exact) mass is 288 g/mol. The molecule has 0 aliphatic heterocycles. The Hall–Kier alpha value is -1.40. The smallest absolute Gasteiger partial charge is 0.383 e. The fourth-order valence-electron chi connectivity index (χ4n) is 1.76. The lowest BCUT2D eigenvalue weighted by molar-refractivity contribution is -0.137. The molecule has 0 aliphatic carbocycles. The summed E-state index contributed by atoms with van der Waals surface area (Å²) in [6.45, 7) is 3.71. The molecule has 1 aromatic heterocycles. The average molecular weight is 288 g/mol. The van der Waals surface area contributed by atoms with Crippen LogP contribution in [0.4, 0.5) is 13.2 Å². The zero-order valence-corrected chi connectivity index (χ0v) is 11.6. The molecule has 0 amide bonds. The number of aromatic nitrogens is 1. The van der Waals surface area contributed by atoms with Crippen molar-refractivity contribution in [3.63, 3.8) is 0 Å². The van der Waals surface area contributed by atoms with Gasteiger partial charge in [0.1, 0.15) is 0 Å². The summed E-state index contributed by atoms with van der Waals surface area (Å²) in [7, 11) is 1.62. The van der Waals surface area contributed by atoms with Gasteiger partial charge >= 0.3 is 6.18 Å². The van der Waals surface area contributed by atoms with Gasteiger partial charge in [-0.15, -0.1) is 0 Å². The summed E-state index contributed by atoms with van der Waals surface area (Å²) in [5.74, 6) is 0. The molecule has 0 saturated carbocycles. The largest absolute Gasteiger partial charge is 0.417 e. The number of methoxy groups -OCH3 is 1. The second kappa shape index (κ2) is 8.01. The van der Waals surface area contributed by atoms with Crippen LogP contribution in [0.3, 0.4) is 0 Å². The van der Waals surface area contributed by atoms with Gasteiger partial charge < -0.3 is 10.1 Å². The highest BCUT2D eigenvalue weighted by molar-refractivity contribution is 5.66. The highest BCUT2D eigenvalue weighted by atomic mass is 19.4. The van der Waals surface area contributed by atoms with Crippen LogP contribution in [0.15, 0.2) is 24.5 Å². The minimum absolute atomic E-state index is 0.136. The van der Waals surface area contributed by atoms with Gasteiger partial charge in [-0.3, -0.25) is 4.98 Å². The molecule has 0 fully saturated rings. The molecule has 112 valence electrons. The van der Waals surface area contributed by atoms with Crippen LogP contribution < -0.4 is 5.32 Å². The quantitative estimate of drug-likeness (QED) is 0.783. The summed E-state index contributed by atoms with van der Waals surface area (Å²) < 4.78 is 43.4. The number of pyridine rings is 1. The number of halogens is 3. The average Bonchev–Trinajstić information content (AvgIpc) is 2.41. The van der Waals surface area contributed by atoms with E-state index in [1.807, 2.05) is 0 Å². The first-order valence-corrected chi connectivity index (χ1v) is 6.34. The first kappa shape index (κ1) is 16.7. The van der Waals surface area contributed by atoms with Crippen LogP contribution in [-0.4, -0.2) is 31.8 Å². The van der Waals surface area contributed by atoms with Crippen molar-refractivity contribution < 1.29 is 17.9 Å². The molecule has 0 aliphatic rings. The molecule has 0 unspecified atom stereocenters. The van der Waals surface area contributed by atoms with Crippen molar-refractivity contribution in [1.82, 2.24) is 10.3 Å². The molecule has 0 bridgehead atoms. The van der Waals surface area contributed by atoms with Crippen LogP contribution >= 0.6 is 0 Å². The van der Waals surface area contributed by atoms with Crippen LogP contribution in [0.25, 0.3) is 5.57 Å². The SMILES string of the molecule is COCCNCC/C=C(/C)c1cnccc1C(F)(F)F. The number of alkyl halides is 3. The fraction of sp³-hybridized carbons (Fsp3) is 0.500. The van der Waals surface area contributed by atoms with Crippen molar-refractivity contribution in [2.24, 2.45) is 0 Å². The van der Waals surface area contributed by atoms with E-state index in [0.717, 1.165) is 18.8 Å². The molecule has 20 heavy (non-hydrogen) atoms. The van der Waals surface area contributed by atoms with E-state index in [0.29, 0.717) is 25.1 Å². The van der Waals surface area contributed by atoms with Crippen molar-refractivity contribution in [2.75, 3.05) is 26.8 Å². The van der Waals surface area contributed by atoms with Crippen molar-refractivity contribution in [1.29, 1.82) is 0 Å². The highest BCUT2D eigenvalue weighted by Gasteiger charge is 2.33. The van der Waals surface area contributed by atoms with Gasteiger partial charge in [-0.1, -0.05) is 6.08 Å². The third-order valence-electron chi connectivity index (χ3n) is 2.81. The minimum atomic E-state index is -4.36. The molecule has 0 atom stereocenters. The van der Waals surface area contributed by atoms with Gasteiger partial charge in [0, 0.05) is 31.6 Å². The molecular weight excluding hydrogens is 269 g/mol. The maximum atomic E-state index is 12.9. The summed E-state index contributed by atoms with van der Waals surface area (Å²) >= 11 is 0. The van der Waals surface area contributed by atoms with Crippen molar-refractivity contribution in [2.45, 2.75) is 19.5 Å². The molecule has 1 heterocycles. The maximum Gasteiger partial charge on any atom is 0.417 e. The lowest BCUT2D eigenvalue weighted by Gasteiger charge is -2.12. The Bertz CT molecular complexity index is 444. The van der Waals surface area contributed by atoms with Crippen molar-refractivity contribution in [3.8, 4) is 0 Å². The number of hydrogen-bond donors (Lipinski definition) is 1. The molecule has 1 rings (SSSR count). The maximum absolute atomic E-state index is 12.9. The second-order valence-corrected chi connectivity index (χ2v) is 4.34. The van der Waals surface area contributed by atoms with Crippen LogP contribution in [0.5, 0.6) is 0 Å². The lowest BCUT2D eigenvalue weighted by atomic mass is 10.0. The summed E-state index contributed by atoms with van der Waals surface area (Å²) in [5.41, 5.74) is 0.0736. The van der Waals surface area contributed by atoms with Crippen molar-refractivity contribution in [3.05, 3.63) is 35.7 Å². The van der Waals surface area contributed by atoms with Gasteiger partial charge in [0.25, 0.3) is 0 Å². The Morgan fingerprint density at radius 2 is 2.15 bits per heavy atom. The third kappa shape index (κ3) is 5.30. The first-order chi connectivity index (χ1) is 9.46. The number of rotatable bonds is 7. The zero-order chi connectivity index (χ0) is 15.0. The van der Waals surface area contributed by atoms with Crippen LogP contribution in [0.1, 0.15) is 24.5 Å². The van der Waals surface area contributed by atoms with E-state index in [9.17, 15) is 13.2 Å². The molecule has 0 aromatic carbocycles. The van der Waals surface area contributed by atoms with E-state index in [2.05, 4.69) is 10.3 Å². The van der Waals surface area contributed by atoms with Crippen LogP contribution in [0.2, 0.25) is 0 Å². The molecular formula is C14H19F3N2O.